The van der Waals surface area contributed by atoms with Crippen molar-refractivity contribution in [2.24, 2.45) is 5.92 Å². The Labute approximate surface area is 148 Å². The van der Waals surface area contributed by atoms with E-state index < -0.39 is 11.7 Å². The Morgan fingerprint density at radius 1 is 1.26 bits per heavy atom. The fourth-order valence-electron chi connectivity index (χ4n) is 1.96. The fraction of sp³-hybridized carbons (Fsp3) is 0.588. The summed E-state index contributed by atoms with van der Waals surface area (Å²) in [5.41, 5.74) is 0.423. The molecule has 1 rings (SSSR count). The summed E-state index contributed by atoms with van der Waals surface area (Å²) in [6.07, 6.45) is -0.404. The number of halogens is 2. The van der Waals surface area contributed by atoms with E-state index >= 15 is 0 Å². The van der Waals surface area contributed by atoms with Crippen LogP contribution in [-0.4, -0.2) is 24.3 Å². The second-order valence-corrected chi connectivity index (χ2v) is 7.63. The maximum absolute atomic E-state index is 11.9. The lowest BCUT2D eigenvalue weighted by Crippen LogP contribution is -2.46. The third-order valence-electron chi connectivity index (χ3n) is 3.22. The van der Waals surface area contributed by atoms with Crippen LogP contribution in [0.3, 0.4) is 0 Å². The van der Waals surface area contributed by atoms with Crippen molar-refractivity contribution in [1.29, 1.82) is 0 Å². The molecule has 0 aliphatic carbocycles. The normalized spacial score (nSPS) is 13.0. The van der Waals surface area contributed by atoms with E-state index in [1.54, 1.807) is 6.07 Å². The summed E-state index contributed by atoms with van der Waals surface area (Å²) < 4.78 is 5.30. The van der Waals surface area contributed by atoms with E-state index in [1.807, 2.05) is 32.9 Å². The number of alkyl carbamates (subject to hydrolysis) is 1. The fourth-order valence-corrected chi connectivity index (χ4v) is 2.35. The molecule has 1 unspecified atom stereocenters. The van der Waals surface area contributed by atoms with Gasteiger partial charge in [0, 0.05) is 19.1 Å². The summed E-state index contributed by atoms with van der Waals surface area (Å²) in [5.74, 6) is 0.268. The van der Waals surface area contributed by atoms with E-state index in [-0.39, 0.29) is 12.0 Å². The molecule has 1 aromatic carbocycles. The number of carbonyl (C=O) groups is 1. The zero-order chi connectivity index (χ0) is 17.6. The van der Waals surface area contributed by atoms with E-state index in [0.717, 1.165) is 5.56 Å². The largest absolute Gasteiger partial charge is 0.444 e. The maximum atomic E-state index is 11.9. The van der Waals surface area contributed by atoms with Crippen LogP contribution in [0.1, 0.15) is 40.2 Å². The molecule has 0 saturated heterocycles. The summed E-state index contributed by atoms with van der Waals surface area (Å²) in [5, 5.41) is 7.31. The molecule has 0 saturated carbocycles. The van der Waals surface area contributed by atoms with Crippen molar-refractivity contribution in [2.45, 2.75) is 52.8 Å². The van der Waals surface area contributed by atoms with Gasteiger partial charge in [0.25, 0.3) is 0 Å². The van der Waals surface area contributed by atoms with Gasteiger partial charge in [-0.15, -0.1) is 0 Å². The molecule has 0 bridgehead atoms. The lowest BCUT2D eigenvalue weighted by molar-refractivity contribution is 0.0490. The summed E-state index contributed by atoms with van der Waals surface area (Å²) >= 11 is 12.2. The number of carbonyl (C=O) groups excluding carboxylic acids is 1. The lowest BCUT2D eigenvalue weighted by atomic mass is 10.0. The van der Waals surface area contributed by atoms with Gasteiger partial charge in [0.15, 0.2) is 0 Å². The highest BCUT2D eigenvalue weighted by Crippen LogP contribution is 2.25. The van der Waals surface area contributed by atoms with Gasteiger partial charge in [0.05, 0.1) is 10.0 Å². The van der Waals surface area contributed by atoms with E-state index in [0.29, 0.717) is 23.1 Å². The molecular weight excluding hydrogens is 335 g/mol. The van der Waals surface area contributed by atoms with Crippen molar-refractivity contribution in [3.05, 3.63) is 33.8 Å². The van der Waals surface area contributed by atoms with Crippen LogP contribution < -0.4 is 10.6 Å². The summed E-state index contributed by atoms with van der Waals surface area (Å²) in [4.78, 5) is 11.9. The summed E-state index contributed by atoms with van der Waals surface area (Å²) in [6, 6.07) is 5.51. The average molecular weight is 361 g/mol. The minimum atomic E-state index is -0.507. The van der Waals surface area contributed by atoms with Crippen LogP contribution in [0.15, 0.2) is 18.2 Å². The second kappa shape index (κ2) is 8.76. The number of hydrogen-bond donors (Lipinski definition) is 2. The molecule has 0 radical (unpaired) electrons. The average Bonchev–Trinajstić information content (AvgIpc) is 2.40. The molecular formula is C17H26Cl2N2O2. The van der Waals surface area contributed by atoms with Crippen LogP contribution in [0.5, 0.6) is 0 Å². The number of ether oxygens (including phenoxy) is 1. The predicted molar refractivity (Wildman–Crippen MR) is 96.2 cm³/mol. The highest BCUT2D eigenvalue weighted by Gasteiger charge is 2.21. The number of hydrogen-bond acceptors (Lipinski definition) is 3. The third-order valence-corrected chi connectivity index (χ3v) is 4.08. The zero-order valence-electron chi connectivity index (χ0n) is 14.4. The van der Waals surface area contributed by atoms with Crippen molar-refractivity contribution in [2.75, 3.05) is 6.54 Å². The number of rotatable bonds is 6. The predicted octanol–water partition coefficient (Wildman–Crippen LogP) is 4.63. The minimum Gasteiger partial charge on any atom is -0.444 e. The van der Waals surface area contributed by atoms with Gasteiger partial charge in [-0.05, 0) is 38.3 Å². The smallest absolute Gasteiger partial charge is 0.407 e. The van der Waals surface area contributed by atoms with Crippen molar-refractivity contribution >= 4 is 29.3 Å². The number of benzene rings is 1. The van der Waals surface area contributed by atoms with Crippen molar-refractivity contribution in [3.63, 3.8) is 0 Å². The second-order valence-electron chi connectivity index (χ2n) is 6.84. The van der Waals surface area contributed by atoms with Crippen LogP contribution in [0.2, 0.25) is 10.0 Å². The molecule has 1 amide bonds. The Kier molecular flexibility index (Phi) is 7.65. The molecule has 0 aromatic heterocycles. The van der Waals surface area contributed by atoms with E-state index in [1.165, 1.54) is 0 Å². The quantitative estimate of drug-likeness (QED) is 0.777. The van der Waals surface area contributed by atoms with Crippen molar-refractivity contribution in [1.82, 2.24) is 10.6 Å². The zero-order valence-corrected chi connectivity index (χ0v) is 15.9. The van der Waals surface area contributed by atoms with Gasteiger partial charge in [0.1, 0.15) is 5.60 Å². The van der Waals surface area contributed by atoms with Gasteiger partial charge in [-0.1, -0.05) is 49.2 Å². The molecule has 1 aromatic rings. The highest BCUT2D eigenvalue weighted by atomic mass is 35.5. The van der Waals surface area contributed by atoms with E-state index in [4.69, 9.17) is 27.9 Å². The van der Waals surface area contributed by atoms with Gasteiger partial charge in [-0.3, -0.25) is 0 Å². The van der Waals surface area contributed by atoms with Crippen LogP contribution in [-0.2, 0) is 11.3 Å². The standard InChI is InChI=1S/C17H26Cl2N2O2/c1-11(2)14(21-16(22)23-17(3,4)5)10-20-9-12-7-6-8-13(18)15(12)19/h6-8,11,14,20H,9-10H2,1-5H3,(H,21,22). The molecule has 0 fully saturated rings. The maximum Gasteiger partial charge on any atom is 0.407 e. The highest BCUT2D eigenvalue weighted by molar-refractivity contribution is 6.42. The summed E-state index contributed by atoms with van der Waals surface area (Å²) in [6.45, 7) is 10.8. The number of amides is 1. The monoisotopic (exact) mass is 360 g/mol. The molecule has 2 N–H and O–H groups in total. The Morgan fingerprint density at radius 3 is 2.48 bits per heavy atom. The Hall–Kier alpha value is -0.970. The first kappa shape index (κ1) is 20.1. The molecule has 0 heterocycles. The summed E-state index contributed by atoms with van der Waals surface area (Å²) in [7, 11) is 0. The van der Waals surface area contributed by atoms with E-state index in [2.05, 4.69) is 24.5 Å². The van der Waals surface area contributed by atoms with Crippen LogP contribution in [0.25, 0.3) is 0 Å². The van der Waals surface area contributed by atoms with Crippen LogP contribution in [0, 0.1) is 5.92 Å². The SMILES string of the molecule is CC(C)C(CNCc1cccc(Cl)c1Cl)NC(=O)OC(C)(C)C. The van der Waals surface area contributed by atoms with Gasteiger partial charge in [-0.2, -0.15) is 0 Å². The van der Waals surface area contributed by atoms with Gasteiger partial charge in [-0.25, -0.2) is 4.79 Å². The lowest BCUT2D eigenvalue weighted by Gasteiger charge is -2.26. The third kappa shape index (κ3) is 7.42. The van der Waals surface area contributed by atoms with Gasteiger partial charge < -0.3 is 15.4 Å². The van der Waals surface area contributed by atoms with Gasteiger partial charge in [0.2, 0.25) is 0 Å². The minimum absolute atomic E-state index is 0.0391. The first-order chi connectivity index (χ1) is 10.6. The first-order valence-electron chi connectivity index (χ1n) is 7.73. The molecule has 23 heavy (non-hydrogen) atoms. The van der Waals surface area contributed by atoms with Crippen LogP contribution in [0.4, 0.5) is 4.79 Å². The molecule has 6 heteroatoms. The number of nitrogens with one attached hydrogen (secondary N) is 2. The molecule has 4 nitrogen and oxygen atoms in total. The van der Waals surface area contributed by atoms with Crippen molar-refractivity contribution < 1.29 is 9.53 Å². The molecule has 1 atom stereocenters. The van der Waals surface area contributed by atoms with Crippen molar-refractivity contribution in [3.8, 4) is 0 Å². The van der Waals surface area contributed by atoms with E-state index in [9.17, 15) is 4.79 Å². The molecule has 0 aliphatic heterocycles. The molecule has 0 aliphatic rings. The molecule has 0 spiro atoms. The Bertz CT molecular complexity index is 528. The first-order valence-corrected chi connectivity index (χ1v) is 8.49. The molecule has 130 valence electrons. The van der Waals surface area contributed by atoms with Gasteiger partial charge >= 0.3 is 6.09 Å². The Morgan fingerprint density at radius 2 is 1.91 bits per heavy atom. The topological polar surface area (TPSA) is 50.4 Å². The Balaban J connectivity index is 2.54. The van der Waals surface area contributed by atoms with Crippen LogP contribution >= 0.6 is 23.2 Å².